The highest BCUT2D eigenvalue weighted by Gasteiger charge is 2.53. The lowest BCUT2D eigenvalue weighted by Gasteiger charge is -2.40. The highest BCUT2D eigenvalue weighted by molar-refractivity contribution is 6.11. The Morgan fingerprint density at radius 1 is 0.411 bits per heavy atom. The Morgan fingerprint density at radius 2 is 0.804 bits per heavy atom. The van der Waals surface area contributed by atoms with Crippen molar-refractivity contribution in [2.75, 3.05) is 6.61 Å². The van der Waals surface area contributed by atoms with Gasteiger partial charge in [0.2, 0.25) is 23.0 Å². The minimum Gasteiger partial charge on any atom is -0.504 e. The maximum Gasteiger partial charge on any atom is 0.339 e. The molecule has 0 saturated carbocycles. The number of phenols is 12. The number of hydrogen-bond donors (Lipinski definition) is 14. The number of carbonyl (C=O) groups is 4. The van der Waals surface area contributed by atoms with Gasteiger partial charge in [-0.3, -0.25) is 0 Å². The van der Waals surface area contributed by atoms with Crippen molar-refractivity contribution in [2.45, 2.75) is 30.5 Å². The molecule has 4 bridgehead atoms. The number of fused-ring (bicyclic) bond motifs is 6. The van der Waals surface area contributed by atoms with Gasteiger partial charge in [0.1, 0.15) is 18.8 Å². The molecular formula is C34H24O22. The number of aromatic hydroxyl groups is 12. The number of aliphatic hydroxyl groups is 2. The van der Waals surface area contributed by atoms with Gasteiger partial charge in [-0.1, -0.05) is 0 Å². The van der Waals surface area contributed by atoms with E-state index < -0.39 is 180 Å². The van der Waals surface area contributed by atoms with Crippen LogP contribution in [-0.4, -0.2) is 126 Å². The van der Waals surface area contributed by atoms with Crippen LogP contribution in [0.25, 0.3) is 22.3 Å². The molecule has 292 valence electrons. The highest BCUT2D eigenvalue weighted by Crippen LogP contribution is 2.58. The summed E-state index contributed by atoms with van der Waals surface area (Å²) in [7, 11) is 0. The topological polar surface area (TPSA) is 388 Å². The van der Waals surface area contributed by atoms with Crippen molar-refractivity contribution in [3.8, 4) is 91.2 Å². The number of rotatable bonds is 1. The summed E-state index contributed by atoms with van der Waals surface area (Å²) in [5, 5.41) is 150. The number of aliphatic hydroxyl groups excluding tert-OH is 2. The number of phenolic OH excluding ortho intramolecular Hbond substituents is 12. The first-order chi connectivity index (χ1) is 26.3. The van der Waals surface area contributed by atoms with Crippen LogP contribution in [-0.2, 0) is 18.9 Å². The number of esters is 4. The second-order valence-electron chi connectivity index (χ2n) is 12.5. The Morgan fingerprint density at radius 3 is 1.29 bits per heavy atom. The van der Waals surface area contributed by atoms with Gasteiger partial charge in [-0.15, -0.1) is 0 Å². The van der Waals surface area contributed by atoms with Crippen LogP contribution in [0.4, 0.5) is 0 Å². The van der Waals surface area contributed by atoms with Crippen LogP contribution >= 0.6 is 0 Å². The largest absolute Gasteiger partial charge is 0.504 e. The first-order valence-corrected chi connectivity index (χ1v) is 15.6. The van der Waals surface area contributed by atoms with Crippen molar-refractivity contribution in [3.63, 3.8) is 0 Å². The van der Waals surface area contributed by atoms with Crippen LogP contribution < -0.4 is 0 Å². The van der Waals surface area contributed by atoms with Crippen LogP contribution in [0.2, 0.25) is 0 Å². The quantitative estimate of drug-likeness (QED) is 0.0703. The van der Waals surface area contributed by atoms with Crippen LogP contribution in [0.1, 0.15) is 53.1 Å². The zero-order valence-corrected chi connectivity index (χ0v) is 27.4. The zero-order valence-electron chi connectivity index (χ0n) is 27.4. The van der Waals surface area contributed by atoms with Crippen LogP contribution in [0.5, 0.6) is 69.0 Å². The van der Waals surface area contributed by atoms with Crippen LogP contribution in [0.3, 0.4) is 0 Å². The molecule has 0 radical (unpaired) electrons. The smallest absolute Gasteiger partial charge is 0.339 e. The van der Waals surface area contributed by atoms with Gasteiger partial charge in [0, 0.05) is 27.8 Å². The van der Waals surface area contributed by atoms with E-state index in [0.29, 0.717) is 18.2 Å². The van der Waals surface area contributed by atoms with Gasteiger partial charge in [0.15, 0.2) is 64.3 Å². The van der Waals surface area contributed by atoms with Crippen molar-refractivity contribution in [1.82, 2.24) is 0 Å². The van der Waals surface area contributed by atoms with Crippen molar-refractivity contribution in [2.24, 2.45) is 0 Å². The maximum absolute atomic E-state index is 14.1. The van der Waals surface area contributed by atoms with Gasteiger partial charge < -0.3 is 90.4 Å². The normalized spacial score (nSPS) is 21.6. The highest BCUT2D eigenvalue weighted by atomic mass is 16.6. The van der Waals surface area contributed by atoms with Crippen LogP contribution in [0, 0.1) is 0 Å². The van der Waals surface area contributed by atoms with Crippen molar-refractivity contribution in [1.29, 1.82) is 0 Å². The van der Waals surface area contributed by atoms with E-state index in [-0.39, 0.29) is 0 Å². The molecule has 8 rings (SSSR count). The van der Waals surface area contributed by atoms with Crippen molar-refractivity contribution in [3.05, 3.63) is 46.0 Å². The molecule has 0 fully saturated rings. The Balaban J connectivity index is 1.48. The molecule has 22 heteroatoms. The average molecular weight is 785 g/mol. The molecule has 0 aliphatic carbocycles. The average Bonchev–Trinajstić information content (AvgIpc) is 3.16. The first-order valence-electron chi connectivity index (χ1n) is 15.6. The molecule has 5 atom stereocenters. The second kappa shape index (κ2) is 12.4. The van der Waals surface area contributed by atoms with E-state index in [0.717, 1.165) is 0 Å². The minimum absolute atomic E-state index is 0.403. The maximum atomic E-state index is 14.1. The third-order valence-corrected chi connectivity index (χ3v) is 9.33. The summed E-state index contributed by atoms with van der Waals surface area (Å²) < 4.78 is 21.3. The van der Waals surface area contributed by atoms with Gasteiger partial charge in [0.05, 0.1) is 22.3 Å². The number of benzene rings is 4. The second-order valence-corrected chi connectivity index (χ2v) is 12.5. The Bertz CT molecular complexity index is 2470. The Hall–Kier alpha value is -7.72. The summed E-state index contributed by atoms with van der Waals surface area (Å²) >= 11 is 0. The zero-order chi connectivity index (χ0) is 41.0. The molecule has 4 aromatic carbocycles. The van der Waals surface area contributed by atoms with Gasteiger partial charge >= 0.3 is 23.9 Å². The fraction of sp³-hybridized carbons (Fsp3) is 0.176. The lowest BCUT2D eigenvalue weighted by Crippen LogP contribution is -2.55. The molecule has 0 aromatic heterocycles. The first kappa shape index (κ1) is 36.6. The van der Waals surface area contributed by atoms with Gasteiger partial charge in [-0.2, -0.15) is 0 Å². The monoisotopic (exact) mass is 784 g/mol. The molecular weight excluding hydrogens is 760 g/mol. The van der Waals surface area contributed by atoms with Gasteiger partial charge in [-0.05, 0) is 18.2 Å². The number of carbonyl (C=O) groups excluding carboxylic acids is 4. The van der Waals surface area contributed by atoms with E-state index in [2.05, 4.69) is 0 Å². The van der Waals surface area contributed by atoms with E-state index in [9.17, 15) is 90.7 Å². The number of ether oxygens (including phenoxy) is 4. The molecule has 0 spiro atoms. The third kappa shape index (κ3) is 5.03. The molecule has 4 aromatic rings. The summed E-state index contributed by atoms with van der Waals surface area (Å²) in [4.78, 5) is 55.1. The standard InChI is InChI=1S/C34H24O22/c35-8-1-5-12(21(42)18(8)39)13-6(2-9(36)19(40)22(13)43)32(50)54-28(11(38)4-53-31(5)49)30-29-26(47)17-16(34(52)55-29)15(24(45)27(48)25(17)46)14-7(33(51)56-30)3-10(37)20(41)23(14)44/h1-3,11,26,28-30,35-48H,4H2/t11-,26-,28-,29-,30-/m0/s1. The predicted molar refractivity (Wildman–Crippen MR) is 173 cm³/mol. The number of cyclic esters (lactones) is 2. The lowest BCUT2D eigenvalue weighted by atomic mass is 9.82. The van der Waals surface area contributed by atoms with Crippen molar-refractivity contribution < 1.29 is 110 Å². The van der Waals surface area contributed by atoms with Crippen molar-refractivity contribution >= 4 is 23.9 Å². The van der Waals surface area contributed by atoms with E-state index in [1.54, 1.807) is 0 Å². The molecule has 4 heterocycles. The number of hydrogen-bond acceptors (Lipinski definition) is 22. The lowest BCUT2D eigenvalue weighted by molar-refractivity contribution is -0.153. The SMILES string of the molecule is O=C1OC[C@H](O)[C@@H]([C@@H]2OC(=O)c3cc(O)c(O)c(O)c3-c3c(O)c(O)c(O)c4c3C(=O)O[C@H]2[C@H]4O)OC(=O)c2cc(O)c(O)c(O)c2-c2c1cc(O)c(O)c2O. The fourth-order valence-electron chi connectivity index (χ4n) is 6.70. The van der Waals surface area contributed by atoms with E-state index >= 15 is 0 Å². The minimum atomic E-state index is -2.55. The van der Waals surface area contributed by atoms with E-state index in [1.807, 2.05) is 0 Å². The summed E-state index contributed by atoms with van der Waals surface area (Å²) in [5.74, 6) is -22.9. The van der Waals surface area contributed by atoms with Gasteiger partial charge in [-0.25, -0.2) is 19.2 Å². The summed E-state index contributed by atoms with van der Waals surface area (Å²) in [6.45, 7) is -1.31. The molecule has 0 amide bonds. The molecule has 0 saturated heterocycles. The summed E-state index contributed by atoms with van der Waals surface area (Å²) in [6.07, 6.45) is -12.4. The van der Waals surface area contributed by atoms with E-state index in [1.165, 1.54) is 0 Å². The summed E-state index contributed by atoms with van der Waals surface area (Å²) in [6, 6.07) is 1.33. The molecule has 4 aliphatic heterocycles. The third-order valence-electron chi connectivity index (χ3n) is 9.33. The van der Waals surface area contributed by atoms with Gasteiger partial charge in [0.25, 0.3) is 0 Å². The molecule has 56 heavy (non-hydrogen) atoms. The molecule has 14 N–H and O–H groups in total. The Labute approximate surface area is 307 Å². The molecule has 0 unspecified atom stereocenters. The van der Waals surface area contributed by atoms with E-state index in [4.69, 9.17) is 18.9 Å². The fourth-order valence-corrected chi connectivity index (χ4v) is 6.70. The Kier molecular flexibility index (Phi) is 8.13. The molecule has 4 aliphatic rings. The predicted octanol–water partition coefficient (Wildman–Crippen LogP) is 0.356. The summed E-state index contributed by atoms with van der Waals surface area (Å²) in [5.41, 5.74) is -9.23. The molecule has 22 nitrogen and oxygen atoms in total. The van der Waals surface area contributed by atoms with Crippen LogP contribution in [0.15, 0.2) is 18.2 Å².